The summed E-state index contributed by atoms with van der Waals surface area (Å²) in [5.74, 6) is 0.891. The zero-order valence-electron chi connectivity index (χ0n) is 9.42. The van der Waals surface area contributed by atoms with Crippen molar-refractivity contribution in [3.05, 3.63) is 40.4 Å². The zero-order valence-corrected chi connectivity index (χ0v) is 11.0. The fraction of sp³-hybridized carbons (Fsp3) is 0.0833. The van der Waals surface area contributed by atoms with Crippen LogP contribution in [0, 0.1) is 6.92 Å². The van der Waals surface area contributed by atoms with E-state index < -0.39 is 0 Å². The van der Waals surface area contributed by atoms with Crippen LogP contribution in [-0.4, -0.2) is 15.1 Å². The molecule has 18 heavy (non-hydrogen) atoms. The molecule has 90 valence electrons. The topological polar surface area (TPSA) is 51.8 Å². The second-order valence-corrected chi connectivity index (χ2v) is 5.06. The van der Waals surface area contributed by atoms with Crippen molar-refractivity contribution in [3.63, 3.8) is 0 Å². The van der Waals surface area contributed by atoms with Crippen LogP contribution >= 0.6 is 22.9 Å². The van der Waals surface area contributed by atoms with Crippen molar-refractivity contribution in [2.45, 2.75) is 6.92 Å². The first kappa shape index (κ1) is 11.4. The molecule has 0 unspecified atom stereocenters. The van der Waals surface area contributed by atoms with Crippen molar-refractivity contribution in [1.82, 2.24) is 15.1 Å². The van der Waals surface area contributed by atoms with Gasteiger partial charge in [0, 0.05) is 6.20 Å². The van der Waals surface area contributed by atoms with Gasteiger partial charge in [0.2, 0.25) is 5.82 Å². The van der Waals surface area contributed by atoms with Crippen LogP contribution in [0.3, 0.4) is 0 Å². The maximum Gasteiger partial charge on any atom is 0.269 e. The molecule has 0 radical (unpaired) electrons. The summed E-state index contributed by atoms with van der Waals surface area (Å²) in [6, 6.07) is 5.62. The highest BCUT2D eigenvalue weighted by Crippen LogP contribution is 2.32. The van der Waals surface area contributed by atoms with Crippen LogP contribution in [0.4, 0.5) is 0 Å². The third kappa shape index (κ3) is 2.02. The van der Waals surface area contributed by atoms with Gasteiger partial charge in [-0.1, -0.05) is 22.8 Å². The number of thiophene rings is 1. The maximum atomic E-state index is 6.02. The summed E-state index contributed by atoms with van der Waals surface area (Å²) in [4.78, 5) is 9.33. The lowest BCUT2D eigenvalue weighted by molar-refractivity contribution is 0.433. The lowest BCUT2D eigenvalue weighted by Crippen LogP contribution is -1.85. The molecule has 0 fully saturated rings. The molecule has 0 bridgehead atoms. The maximum absolute atomic E-state index is 6.02. The van der Waals surface area contributed by atoms with E-state index in [2.05, 4.69) is 15.1 Å². The molecule has 0 spiro atoms. The largest absolute Gasteiger partial charge is 0.333 e. The zero-order chi connectivity index (χ0) is 12.5. The molecule has 0 saturated carbocycles. The minimum atomic E-state index is 0.423. The number of hydrogen-bond donors (Lipinski definition) is 0. The number of aryl methyl sites for hydroxylation is 1. The smallest absolute Gasteiger partial charge is 0.269 e. The van der Waals surface area contributed by atoms with Crippen LogP contribution in [-0.2, 0) is 0 Å². The van der Waals surface area contributed by atoms with E-state index in [1.54, 1.807) is 12.3 Å². The van der Waals surface area contributed by atoms with Gasteiger partial charge in [0.05, 0.1) is 5.02 Å². The highest BCUT2D eigenvalue weighted by Gasteiger charge is 2.14. The van der Waals surface area contributed by atoms with E-state index in [-0.39, 0.29) is 0 Å². The standard InChI is InChI=1S/C12H8ClN3OS/c1-7-2-3-9(14-6-7)11-15-12(17-16-11)10-8(13)4-5-18-10/h2-6H,1H3. The second-order valence-electron chi connectivity index (χ2n) is 3.74. The van der Waals surface area contributed by atoms with Gasteiger partial charge in [0.1, 0.15) is 10.6 Å². The third-order valence-corrected chi connectivity index (χ3v) is 3.71. The van der Waals surface area contributed by atoms with Gasteiger partial charge < -0.3 is 4.52 Å². The quantitative estimate of drug-likeness (QED) is 0.714. The fourth-order valence-corrected chi connectivity index (χ4v) is 2.52. The predicted molar refractivity (Wildman–Crippen MR) is 70.6 cm³/mol. The molecule has 0 aliphatic heterocycles. The van der Waals surface area contributed by atoms with E-state index in [9.17, 15) is 0 Å². The molecule has 6 heteroatoms. The van der Waals surface area contributed by atoms with Gasteiger partial charge in [-0.25, -0.2) is 0 Å². The Kier molecular flexibility index (Phi) is 2.85. The highest BCUT2D eigenvalue weighted by atomic mass is 35.5. The summed E-state index contributed by atoms with van der Waals surface area (Å²) in [6.07, 6.45) is 1.77. The lowest BCUT2D eigenvalue weighted by Gasteiger charge is -1.93. The Bertz CT molecular complexity index is 675. The fourth-order valence-electron chi connectivity index (χ4n) is 1.47. The first-order chi connectivity index (χ1) is 8.74. The van der Waals surface area contributed by atoms with Crippen LogP contribution < -0.4 is 0 Å². The van der Waals surface area contributed by atoms with Gasteiger partial charge in [-0.2, -0.15) is 4.98 Å². The molecule has 3 aromatic heterocycles. The Balaban J connectivity index is 1.99. The number of hydrogen-bond acceptors (Lipinski definition) is 5. The van der Waals surface area contributed by atoms with Crippen molar-refractivity contribution < 1.29 is 4.52 Å². The Labute approximate surface area is 112 Å². The normalized spacial score (nSPS) is 10.8. The average Bonchev–Trinajstić information content (AvgIpc) is 2.98. The number of aromatic nitrogens is 3. The molecule has 3 aromatic rings. The molecular formula is C12H8ClN3OS. The molecule has 4 nitrogen and oxygen atoms in total. The predicted octanol–water partition coefficient (Wildman–Crippen LogP) is 3.82. The molecule has 0 aromatic carbocycles. The van der Waals surface area contributed by atoms with Crippen molar-refractivity contribution in [3.8, 4) is 22.3 Å². The summed E-state index contributed by atoms with van der Waals surface area (Å²) in [5, 5.41) is 6.41. The number of nitrogens with zero attached hydrogens (tertiary/aromatic N) is 3. The summed E-state index contributed by atoms with van der Waals surface area (Å²) < 4.78 is 5.20. The van der Waals surface area contributed by atoms with Crippen molar-refractivity contribution in [2.75, 3.05) is 0 Å². The highest BCUT2D eigenvalue weighted by molar-refractivity contribution is 7.14. The first-order valence-corrected chi connectivity index (χ1v) is 6.50. The molecule has 0 N–H and O–H groups in total. The first-order valence-electron chi connectivity index (χ1n) is 5.24. The van der Waals surface area contributed by atoms with E-state index in [0.29, 0.717) is 22.4 Å². The summed E-state index contributed by atoms with van der Waals surface area (Å²) in [7, 11) is 0. The third-order valence-electron chi connectivity index (χ3n) is 2.38. The molecular weight excluding hydrogens is 270 g/mol. The van der Waals surface area contributed by atoms with E-state index in [1.807, 2.05) is 24.4 Å². The minimum absolute atomic E-state index is 0.423. The monoisotopic (exact) mass is 277 g/mol. The van der Waals surface area contributed by atoms with Gasteiger partial charge >= 0.3 is 0 Å². The molecule has 0 aliphatic carbocycles. The van der Waals surface area contributed by atoms with E-state index >= 15 is 0 Å². The van der Waals surface area contributed by atoms with Crippen LogP contribution in [0.1, 0.15) is 5.56 Å². The Morgan fingerprint density at radius 3 is 2.83 bits per heavy atom. The van der Waals surface area contributed by atoms with Gasteiger partial charge in [0.15, 0.2) is 0 Å². The Morgan fingerprint density at radius 1 is 1.28 bits per heavy atom. The molecule has 0 saturated heterocycles. The molecule has 0 amide bonds. The van der Waals surface area contributed by atoms with Gasteiger partial charge in [-0.05, 0) is 30.0 Å². The lowest BCUT2D eigenvalue weighted by atomic mass is 10.3. The van der Waals surface area contributed by atoms with Crippen LogP contribution in [0.15, 0.2) is 34.3 Å². The molecule has 0 atom stereocenters. The van der Waals surface area contributed by atoms with Gasteiger partial charge in [-0.15, -0.1) is 11.3 Å². The van der Waals surface area contributed by atoms with Crippen molar-refractivity contribution in [2.24, 2.45) is 0 Å². The van der Waals surface area contributed by atoms with Gasteiger partial charge in [-0.3, -0.25) is 4.98 Å². The van der Waals surface area contributed by atoms with E-state index in [4.69, 9.17) is 16.1 Å². The summed E-state index contributed by atoms with van der Waals surface area (Å²) in [5.41, 5.74) is 1.77. The van der Waals surface area contributed by atoms with Crippen LogP contribution in [0.5, 0.6) is 0 Å². The van der Waals surface area contributed by atoms with Gasteiger partial charge in [0.25, 0.3) is 5.89 Å². The minimum Gasteiger partial charge on any atom is -0.333 e. The Hall–Kier alpha value is -1.72. The number of rotatable bonds is 2. The SMILES string of the molecule is Cc1ccc(-c2noc(-c3sccc3Cl)n2)nc1. The van der Waals surface area contributed by atoms with Crippen molar-refractivity contribution >= 4 is 22.9 Å². The number of halogens is 1. The average molecular weight is 278 g/mol. The Morgan fingerprint density at radius 2 is 2.17 bits per heavy atom. The number of pyridine rings is 1. The summed E-state index contributed by atoms with van der Waals surface area (Å²) >= 11 is 7.48. The second kappa shape index (κ2) is 4.51. The van der Waals surface area contributed by atoms with E-state index in [0.717, 1.165) is 10.4 Å². The molecule has 3 heterocycles. The summed E-state index contributed by atoms with van der Waals surface area (Å²) in [6.45, 7) is 1.98. The van der Waals surface area contributed by atoms with E-state index in [1.165, 1.54) is 11.3 Å². The molecule has 0 aliphatic rings. The van der Waals surface area contributed by atoms with Crippen LogP contribution in [0.2, 0.25) is 5.02 Å². The van der Waals surface area contributed by atoms with Crippen LogP contribution in [0.25, 0.3) is 22.3 Å². The molecule has 3 rings (SSSR count). The van der Waals surface area contributed by atoms with Crippen molar-refractivity contribution in [1.29, 1.82) is 0 Å².